The number of hydrogen-bond donors (Lipinski definition) is 2. The van der Waals surface area contributed by atoms with Crippen LogP contribution in [0.25, 0.3) is 0 Å². The Bertz CT molecular complexity index is 1010. The molecular formula is C31H48O4. The van der Waals surface area contributed by atoms with E-state index in [9.17, 15) is 19.8 Å². The zero-order valence-corrected chi connectivity index (χ0v) is 23.4. The van der Waals surface area contributed by atoms with Gasteiger partial charge in [-0.05, 0) is 109 Å². The van der Waals surface area contributed by atoms with Gasteiger partial charge in [0.05, 0.1) is 11.5 Å². The smallest absolute Gasteiger partial charge is 0.309 e. The van der Waals surface area contributed by atoms with E-state index in [0.717, 1.165) is 51.4 Å². The molecule has 5 rings (SSSR count). The summed E-state index contributed by atoms with van der Waals surface area (Å²) < 4.78 is 0. The molecule has 0 heterocycles. The van der Waals surface area contributed by atoms with Gasteiger partial charge in [-0.1, -0.05) is 54.0 Å². The van der Waals surface area contributed by atoms with Gasteiger partial charge in [0.2, 0.25) is 0 Å². The summed E-state index contributed by atoms with van der Waals surface area (Å²) in [5, 5.41) is 21.1. The first-order valence-corrected chi connectivity index (χ1v) is 14.1. The molecule has 9 atom stereocenters. The van der Waals surface area contributed by atoms with Crippen LogP contribution in [0.1, 0.15) is 113 Å². The molecule has 0 aromatic carbocycles. The highest BCUT2D eigenvalue weighted by atomic mass is 16.4. The van der Waals surface area contributed by atoms with Gasteiger partial charge in [0.25, 0.3) is 0 Å². The fourth-order valence-electron chi connectivity index (χ4n) is 10.5. The van der Waals surface area contributed by atoms with Gasteiger partial charge in [-0.3, -0.25) is 9.59 Å². The van der Waals surface area contributed by atoms with E-state index in [2.05, 4.69) is 48.5 Å². The van der Waals surface area contributed by atoms with E-state index < -0.39 is 11.4 Å². The van der Waals surface area contributed by atoms with Crippen molar-refractivity contribution in [2.75, 3.05) is 0 Å². The lowest BCUT2D eigenvalue weighted by Gasteiger charge is -2.73. The maximum absolute atomic E-state index is 14.3. The number of ketones is 1. The molecule has 0 radical (unpaired) electrons. The SMILES string of the molecule is CC1(C)[C@@H](O)CC[C@]2(C)[C@H]3C(=O)C=C4[C@@H]5C[C@](C)(C(=O)O)CC[C@]5(C)CC[C@@]4(C)[C@]3(C)CC[C@@]12C. The van der Waals surface area contributed by atoms with Crippen LogP contribution in [0.5, 0.6) is 0 Å². The predicted molar refractivity (Wildman–Crippen MR) is 138 cm³/mol. The average molecular weight is 485 g/mol. The Hall–Kier alpha value is -1.16. The summed E-state index contributed by atoms with van der Waals surface area (Å²) in [6, 6.07) is 0. The van der Waals surface area contributed by atoms with E-state index in [-0.39, 0.29) is 56.2 Å². The molecule has 4 saturated carbocycles. The summed E-state index contributed by atoms with van der Waals surface area (Å²) in [6.07, 6.45) is 9.80. The third kappa shape index (κ3) is 2.79. The highest BCUT2D eigenvalue weighted by Crippen LogP contribution is 2.78. The maximum atomic E-state index is 14.3. The quantitative estimate of drug-likeness (QED) is 0.429. The zero-order valence-electron chi connectivity index (χ0n) is 23.4. The minimum absolute atomic E-state index is 0.0620. The molecule has 0 aromatic rings. The molecule has 0 aromatic heterocycles. The Labute approximate surface area is 212 Å². The van der Waals surface area contributed by atoms with E-state index in [1.807, 2.05) is 13.0 Å². The highest BCUT2D eigenvalue weighted by Gasteiger charge is 2.73. The lowest BCUT2D eigenvalue weighted by Crippen LogP contribution is -2.70. The van der Waals surface area contributed by atoms with Crippen molar-refractivity contribution in [1.29, 1.82) is 0 Å². The predicted octanol–water partition coefficient (Wildman–Crippen LogP) is 6.80. The van der Waals surface area contributed by atoms with Crippen molar-refractivity contribution < 1.29 is 19.8 Å². The highest BCUT2D eigenvalue weighted by molar-refractivity contribution is 5.96. The van der Waals surface area contributed by atoms with Crippen LogP contribution in [0.15, 0.2) is 11.6 Å². The molecule has 0 bridgehead atoms. The second-order valence-corrected chi connectivity index (χ2v) is 15.5. The van der Waals surface area contributed by atoms with E-state index in [4.69, 9.17) is 0 Å². The minimum atomic E-state index is -0.718. The van der Waals surface area contributed by atoms with E-state index in [0.29, 0.717) is 6.42 Å². The van der Waals surface area contributed by atoms with Crippen molar-refractivity contribution in [3.63, 3.8) is 0 Å². The second-order valence-electron chi connectivity index (χ2n) is 15.5. The van der Waals surface area contributed by atoms with Gasteiger partial charge in [0.15, 0.2) is 5.78 Å². The number of hydrogen-bond acceptors (Lipinski definition) is 3. The Morgan fingerprint density at radius 1 is 0.857 bits per heavy atom. The molecule has 4 nitrogen and oxygen atoms in total. The van der Waals surface area contributed by atoms with Crippen LogP contribution >= 0.6 is 0 Å². The number of aliphatic carboxylic acids is 1. The molecule has 0 aliphatic heterocycles. The lowest BCUT2D eigenvalue weighted by molar-refractivity contribution is -0.243. The van der Waals surface area contributed by atoms with E-state index >= 15 is 0 Å². The van der Waals surface area contributed by atoms with Crippen molar-refractivity contribution >= 4 is 11.8 Å². The molecule has 35 heavy (non-hydrogen) atoms. The van der Waals surface area contributed by atoms with Crippen LogP contribution in [0.2, 0.25) is 0 Å². The Balaban J connectivity index is 1.65. The molecule has 4 heteroatoms. The van der Waals surface area contributed by atoms with Gasteiger partial charge >= 0.3 is 5.97 Å². The monoisotopic (exact) mass is 484 g/mol. The lowest BCUT2D eigenvalue weighted by atomic mass is 9.30. The van der Waals surface area contributed by atoms with Crippen molar-refractivity contribution in [3.05, 3.63) is 11.6 Å². The fourth-order valence-corrected chi connectivity index (χ4v) is 10.5. The third-order valence-corrected chi connectivity index (χ3v) is 14.2. The van der Waals surface area contributed by atoms with Crippen molar-refractivity contribution in [1.82, 2.24) is 0 Å². The standard InChI is InChI=1S/C31H48O4/c1-25(2)22(33)9-10-30(7)23-21(32)17-19-20-18-27(4,24(34)35)12-11-26(20,3)13-14-28(19,5)29(23,6)15-16-31(25,30)8/h17,20,22-23,33H,9-16,18H2,1-8H3,(H,34,35)/t20-,22-,23-,26+,27+,28+,29+,30+,31-/m0/s1. The van der Waals surface area contributed by atoms with Crippen molar-refractivity contribution in [2.24, 2.45) is 49.7 Å². The number of fused-ring (bicyclic) bond motifs is 7. The van der Waals surface area contributed by atoms with Crippen LogP contribution < -0.4 is 0 Å². The molecule has 0 unspecified atom stereocenters. The summed E-state index contributed by atoms with van der Waals surface area (Å²) in [5.41, 5.74) is -0.161. The number of carbonyl (C=O) groups is 2. The van der Waals surface area contributed by atoms with Crippen LogP contribution in [0, 0.1) is 49.7 Å². The third-order valence-electron chi connectivity index (χ3n) is 14.2. The molecule has 0 spiro atoms. The topological polar surface area (TPSA) is 74.6 Å². The summed E-state index contributed by atoms with van der Waals surface area (Å²) in [5.74, 6) is -0.327. The molecule has 0 saturated heterocycles. The number of carboxylic acids is 1. The first-order chi connectivity index (χ1) is 15.9. The number of carbonyl (C=O) groups excluding carboxylic acids is 1. The largest absolute Gasteiger partial charge is 0.481 e. The minimum Gasteiger partial charge on any atom is -0.481 e. The molecule has 2 N–H and O–H groups in total. The van der Waals surface area contributed by atoms with Gasteiger partial charge < -0.3 is 10.2 Å². The number of rotatable bonds is 1. The van der Waals surface area contributed by atoms with Crippen molar-refractivity contribution in [2.45, 2.75) is 119 Å². The van der Waals surface area contributed by atoms with E-state index in [1.54, 1.807) is 0 Å². The van der Waals surface area contributed by atoms with Gasteiger partial charge in [-0.25, -0.2) is 0 Å². The van der Waals surface area contributed by atoms with Crippen LogP contribution in [-0.2, 0) is 9.59 Å². The Morgan fingerprint density at radius 2 is 1.49 bits per heavy atom. The first kappa shape index (κ1) is 25.5. The number of allylic oxidation sites excluding steroid dienone is 2. The van der Waals surface area contributed by atoms with Crippen LogP contribution in [-0.4, -0.2) is 28.1 Å². The molecular weight excluding hydrogens is 436 g/mol. The van der Waals surface area contributed by atoms with E-state index in [1.165, 1.54) is 5.57 Å². The van der Waals surface area contributed by atoms with Gasteiger partial charge in [-0.15, -0.1) is 0 Å². The average Bonchev–Trinajstić information content (AvgIpc) is 2.76. The zero-order chi connectivity index (χ0) is 26.0. The summed E-state index contributed by atoms with van der Waals surface area (Å²) in [6.45, 7) is 18.2. The van der Waals surface area contributed by atoms with Gasteiger partial charge in [-0.2, -0.15) is 0 Å². The summed E-state index contributed by atoms with van der Waals surface area (Å²) in [4.78, 5) is 26.6. The number of carboxylic acid groups (broad SMARTS) is 1. The molecule has 5 aliphatic rings. The van der Waals surface area contributed by atoms with Gasteiger partial charge in [0.1, 0.15) is 0 Å². The van der Waals surface area contributed by atoms with Gasteiger partial charge in [0, 0.05) is 5.92 Å². The number of aliphatic hydroxyl groups is 1. The Kier molecular flexibility index (Phi) is 5.12. The maximum Gasteiger partial charge on any atom is 0.309 e. The second kappa shape index (κ2) is 7.03. The molecule has 0 amide bonds. The van der Waals surface area contributed by atoms with Crippen LogP contribution in [0.4, 0.5) is 0 Å². The normalized spacial score (nSPS) is 55.1. The van der Waals surface area contributed by atoms with Crippen molar-refractivity contribution in [3.8, 4) is 0 Å². The molecule has 4 fully saturated rings. The Morgan fingerprint density at radius 3 is 2.11 bits per heavy atom. The molecule has 5 aliphatic carbocycles. The first-order valence-electron chi connectivity index (χ1n) is 14.1. The molecule has 196 valence electrons. The fraction of sp³-hybridized carbons (Fsp3) is 0.871. The summed E-state index contributed by atoms with van der Waals surface area (Å²) >= 11 is 0. The summed E-state index contributed by atoms with van der Waals surface area (Å²) in [7, 11) is 0. The van der Waals surface area contributed by atoms with Crippen LogP contribution in [0.3, 0.4) is 0 Å². The number of aliphatic hydroxyl groups excluding tert-OH is 1.